The molecular formula is C12H17N3O3. The Morgan fingerprint density at radius 1 is 1.67 bits per heavy atom. The summed E-state index contributed by atoms with van der Waals surface area (Å²) in [5.74, 6) is 0. The number of hydrogen-bond acceptors (Lipinski definition) is 5. The SMILES string of the molecule is C=CCCn1cc(C2(O)CC[C@H]3CO[C@@H]2O3)nn1. The highest BCUT2D eigenvalue weighted by Gasteiger charge is 2.51. The van der Waals surface area contributed by atoms with E-state index in [2.05, 4.69) is 16.9 Å². The largest absolute Gasteiger partial charge is 0.378 e. The van der Waals surface area contributed by atoms with Crippen molar-refractivity contribution < 1.29 is 14.6 Å². The van der Waals surface area contributed by atoms with Crippen LogP contribution in [0.1, 0.15) is 25.0 Å². The van der Waals surface area contributed by atoms with Gasteiger partial charge in [0.05, 0.1) is 18.9 Å². The van der Waals surface area contributed by atoms with Crippen LogP contribution in [0.25, 0.3) is 0 Å². The Balaban J connectivity index is 1.80. The van der Waals surface area contributed by atoms with Crippen LogP contribution < -0.4 is 0 Å². The van der Waals surface area contributed by atoms with Gasteiger partial charge in [0.2, 0.25) is 0 Å². The fourth-order valence-corrected chi connectivity index (χ4v) is 2.43. The maximum Gasteiger partial charge on any atom is 0.192 e. The predicted molar refractivity (Wildman–Crippen MR) is 62.6 cm³/mol. The second-order valence-corrected chi connectivity index (χ2v) is 4.83. The van der Waals surface area contributed by atoms with Crippen molar-refractivity contribution in [1.29, 1.82) is 0 Å². The van der Waals surface area contributed by atoms with E-state index in [1.807, 2.05) is 6.08 Å². The molecule has 1 N–H and O–H groups in total. The van der Waals surface area contributed by atoms with Gasteiger partial charge in [-0.05, 0) is 19.3 Å². The molecule has 1 unspecified atom stereocenters. The van der Waals surface area contributed by atoms with Crippen LogP contribution >= 0.6 is 0 Å². The summed E-state index contributed by atoms with van der Waals surface area (Å²) in [6.45, 7) is 4.93. The Hall–Kier alpha value is -1.24. The van der Waals surface area contributed by atoms with E-state index in [0.29, 0.717) is 25.3 Å². The van der Waals surface area contributed by atoms with E-state index in [4.69, 9.17) is 9.47 Å². The van der Waals surface area contributed by atoms with Crippen LogP contribution in [0.3, 0.4) is 0 Å². The molecule has 2 aliphatic heterocycles. The van der Waals surface area contributed by atoms with Gasteiger partial charge in [-0.1, -0.05) is 11.3 Å². The summed E-state index contributed by atoms with van der Waals surface area (Å²) in [4.78, 5) is 0. The third kappa shape index (κ3) is 1.86. The van der Waals surface area contributed by atoms with Crippen LogP contribution in [0.15, 0.2) is 18.9 Å². The molecule has 6 nitrogen and oxygen atoms in total. The highest BCUT2D eigenvalue weighted by Crippen LogP contribution is 2.40. The molecule has 3 rings (SSSR count). The number of nitrogens with zero attached hydrogens (tertiary/aromatic N) is 3. The summed E-state index contributed by atoms with van der Waals surface area (Å²) in [5.41, 5.74) is -0.642. The van der Waals surface area contributed by atoms with Crippen molar-refractivity contribution in [3.63, 3.8) is 0 Å². The number of rotatable bonds is 4. The molecule has 2 aliphatic rings. The lowest BCUT2D eigenvalue weighted by atomic mass is 9.90. The maximum atomic E-state index is 10.7. The van der Waals surface area contributed by atoms with Crippen LogP contribution in [0.2, 0.25) is 0 Å². The van der Waals surface area contributed by atoms with Gasteiger partial charge in [0.15, 0.2) is 11.9 Å². The molecule has 3 heterocycles. The van der Waals surface area contributed by atoms with Crippen molar-refractivity contribution in [3.05, 3.63) is 24.5 Å². The van der Waals surface area contributed by atoms with Gasteiger partial charge >= 0.3 is 0 Å². The molecule has 0 saturated carbocycles. The first-order chi connectivity index (χ1) is 8.72. The van der Waals surface area contributed by atoms with Crippen LogP contribution in [0, 0.1) is 0 Å². The summed E-state index contributed by atoms with van der Waals surface area (Å²) >= 11 is 0. The third-order valence-corrected chi connectivity index (χ3v) is 3.53. The van der Waals surface area contributed by atoms with Gasteiger partial charge in [-0.15, -0.1) is 11.7 Å². The van der Waals surface area contributed by atoms with E-state index in [1.54, 1.807) is 10.9 Å². The third-order valence-electron chi connectivity index (χ3n) is 3.53. The summed E-state index contributed by atoms with van der Waals surface area (Å²) in [5, 5.41) is 18.7. The normalized spacial score (nSPS) is 34.7. The molecule has 0 aliphatic carbocycles. The molecule has 0 spiro atoms. The highest BCUT2D eigenvalue weighted by molar-refractivity contribution is 5.11. The summed E-state index contributed by atoms with van der Waals surface area (Å²) < 4.78 is 12.8. The van der Waals surface area contributed by atoms with Crippen LogP contribution in [-0.2, 0) is 21.6 Å². The van der Waals surface area contributed by atoms with Crippen molar-refractivity contribution in [2.75, 3.05) is 6.61 Å². The number of allylic oxidation sites excluding steroid dienone is 1. The van der Waals surface area contributed by atoms with Gasteiger partial charge in [0, 0.05) is 6.54 Å². The molecule has 0 amide bonds. The average Bonchev–Trinajstić information content (AvgIpc) is 3.01. The Morgan fingerprint density at radius 2 is 2.56 bits per heavy atom. The van der Waals surface area contributed by atoms with E-state index in [9.17, 15) is 5.11 Å². The van der Waals surface area contributed by atoms with E-state index in [1.165, 1.54) is 0 Å². The minimum atomic E-state index is -1.17. The molecule has 3 atom stereocenters. The Kier molecular flexibility index (Phi) is 2.93. The lowest BCUT2D eigenvalue weighted by Crippen LogP contribution is -2.44. The molecular weight excluding hydrogens is 234 g/mol. The van der Waals surface area contributed by atoms with E-state index >= 15 is 0 Å². The summed E-state index contributed by atoms with van der Waals surface area (Å²) in [6, 6.07) is 0. The predicted octanol–water partition coefficient (Wildman–Crippen LogP) is 0.577. The first kappa shape index (κ1) is 11.8. The zero-order valence-electron chi connectivity index (χ0n) is 10.2. The maximum absolute atomic E-state index is 10.7. The van der Waals surface area contributed by atoms with Gasteiger partial charge < -0.3 is 14.6 Å². The van der Waals surface area contributed by atoms with Crippen molar-refractivity contribution >= 4 is 0 Å². The van der Waals surface area contributed by atoms with Crippen molar-refractivity contribution in [3.8, 4) is 0 Å². The quantitative estimate of drug-likeness (QED) is 0.793. The molecule has 0 radical (unpaired) electrons. The van der Waals surface area contributed by atoms with E-state index in [0.717, 1.165) is 12.8 Å². The monoisotopic (exact) mass is 251 g/mol. The highest BCUT2D eigenvalue weighted by atomic mass is 16.7. The molecule has 2 bridgehead atoms. The first-order valence-electron chi connectivity index (χ1n) is 6.23. The molecule has 1 aromatic heterocycles. The molecule has 2 saturated heterocycles. The van der Waals surface area contributed by atoms with Gasteiger partial charge in [-0.25, -0.2) is 0 Å². The van der Waals surface area contributed by atoms with E-state index < -0.39 is 11.9 Å². The van der Waals surface area contributed by atoms with Crippen molar-refractivity contribution in [1.82, 2.24) is 15.0 Å². The number of aromatic nitrogens is 3. The Morgan fingerprint density at radius 3 is 3.39 bits per heavy atom. The molecule has 18 heavy (non-hydrogen) atoms. The lowest BCUT2D eigenvalue weighted by Gasteiger charge is -2.34. The number of aliphatic hydroxyl groups is 1. The molecule has 2 fully saturated rings. The topological polar surface area (TPSA) is 69.4 Å². The number of fused-ring (bicyclic) bond motifs is 2. The second-order valence-electron chi connectivity index (χ2n) is 4.83. The van der Waals surface area contributed by atoms with Crippen molar-refractivity contribution in [2.24, 2.45) is 0 Å². The fourth-order valence-electron chi connectivity index (χ4n) is 2.43. The molecule has 6 heteroatoms. The van der Waals surface area contributed by atoms with Crippen LogP contribution in [0.5, 0.6) is 0 Å². The van der Waals surface area contributed by atoms with Crippen LogP contribution in [0.4, 0.5) is 0 Å². The second kappa shape index (κ2) is 4.46. The van der Waals surface area contributed by atoms with Gasteiger partial charge in [0.25, 0.3) is 0 Å². The van der Waals surface area contributed by atoms with Gasteiger partial charge in [-0.2, -0.15) is 0 Å². The average molecular weight is 251 g/mol. The molecule has 1 aromatic rings. The lowest BCUT2D eigenvalue weighted by molar-refractivity contribution is -0.219. The standard InChI is InChI=1S/C12H17N3O3/c1-2-3-6-15-7-10(13-14-15)12(16)5-4-9-8-17-11(12)18-9/h2,7,9,11,16H,1,3-6,8H2/t9-,11+,12?/m0/s1. The molecule has 98 valence electrons. The van der Waals surface area contributed by atoms with E-state index in [-0.39, 0.29) is 6.10 Å². The van der Waals surface area contributed by atoms with Crippen LogP contribution in [-0.4, -0.2) is 39.1 Å². The number of ether oxygens (including phenoxy) is 2. The van der Waals surface area contributed by atoms with Gasteiger partial charge in [-0.3, -0.25) is 4.68 Å². The zero-order chi connectivity index (χ0) is 12.6. The minimum Gasteiger partial charge on any atom is -0.378 e. The number of aryl methyl sites for hydroxylation is 1. The van der Waals surface area contributed by atoms with Crippen molar-refractivity contribution in [2.45, 2.75) is 43.8 Å². The molecule has 0 aromatic carbocycles. The first-order valence-corrected chi connectivity index (χ1v) is 6.23. The zero-order valence-corrected chi connectivity index (χ0v) is 10.2. The van der Waals surface area contributed by atoms with Gasteiger partial charge in [0.1, 0.15) is 5.69 Å². The summed E-state index contributed by atoms with van der Waals surface area (Å²) in [7, 11) is 0. The number of hydrogen-bond donors (Lipinski definition) is 1. The Bertz CT molecular complexity index is 448. The smallest absolute Gasteiger partial charge is 0.192 e. The summed E-state index contributed by atoms with van der Waals surface area (Å²) in [6.07, 6.45) is 5.29. The minimum absolute atomic E-state index is 0.117. The fraction of sp³-hybridized carbons (Fsp3) is 0.667. The Labute approximate surface area is 105 Å².